The Bertz CT molecular complexity index is 60.2. The number of hydrogen-bond donors (Lipinski definition) is 3. The van der Waals surface area contributed by atoms with Crippen molar-refractivity contribution in [2.24, 2.45) is 0 Å². The van der Waals surface area contributed by atoms with Crippen molar-refractivity contribution in [2.45, 2.75) is 6.23 Å². The Hall–Kier alpha value is -0.160. The summed E-state index contributed by atoms with van der Waals surface area (Å²) in [5.41, 5.74) is 0. The van der Waals surface area contributed by atoms with Gasteiger partial charge in [0.05, 0.1) is 13.2 Å². The number of rotatable bonds is 5. The molecule has 0 fully saturated rings. The number of hydrogen-bond acceptors (Lipinski definition) is 4. The molecule has 0 radical (unpaired) electrons. The quantitative estimate of drug-likeness (QED) is 0.403. The summed E-state index contributed by atoms with van der Waals surface area (Å²) in [7, 11) is 1.50. The fraction of sp³-hybridized carbons (Fsp3) is 1.00. The van der Waals surface area contributed by atoms with Crippen LogP contribution in [0.4, 0.5) is 0 Å². The smallest absolute Gasteiger partial charge is 0.128 e. The molecule has 4 heteroatoms. The van der Waals surface area contributed by atoms with Gasteiger partial charge in [-0.25, -0.2) is 0 Å². The molecule has 0 amide bonds. The zero-order valence-electron chi connectivity index (χ0n) is 5.50. The largest absolute Gasteiger partial charge is 0.395 e. The third-order valence-corrected chi connectivity index (χ3v) is 0.816. The molecule has 0 aliphatic rings. The summed E-state index contributed by atoms with van der Waals surface area (Å²) < 4.78 is 4.61. The van der Waals surface area contributed by atoms with E-state index in [0.717, 1.165) is 0 Å². The number of methoxy groups -OCH3 is 1. The number of ether oxygens (including phenoxy) is 1. The molecule has 0 aliphatic heterocycles. The Morgan fingerprint density at radius 2 is 2.33 bits per heavy atom. The zero-order chi connectivity index (χ0) is 7.11. The van der Waals surface area contributed by atoms with Crippen LogP contribution in [0.5, 0.6) is 0 Å². The molecule has 0 saturated carbocycles. The van der Waals surface area contributed by atoms with Gasteiger partial charge in [0.1, 0.15) is 6.23 Å². The first-order valence-electron chi connectivity index (χ1n) is 2.82. The highest BCUT2D eigenvalue weighted by Gasteiger charge is 1.98. The maximum Gasteiger partial charge on any atom is 0.128 e. The molecule has 0 aromatic heterocycles. The van der Waals surface area contributed by atoms with E-state index in [-0.39, 0.29) is 13.2 Å². The van der Waals surface area contributed by atoms with Gasteiger partial charge in [-0.1, -0.05) is 0 Å². The SMILES string of the molecule is COCC(O)NCCO. The maximum atomic E-state index is 8.83. The summed E-state index contributed by atoms with van der Waals surface area (Å²) in [5, 5.41) is 19.7. The van der Waals surface area contributed by atoms with E-state index in [2.05, 4.69) is 10.1 Å². The van der Waals surface area contributed by atoms with Crippen LogP contribution in [0.15, 0.2) is 0 Å². The van der Waals surface area contributed by atoms with Crippen molar-refractivity contribution in [2.75, 3.05) is 26.9 Å². The fourth-order valence-electron chi connectivity index (χ4n) is 0.448. The van der Waals surface area contributed by atoms with E-state index < -0.39 is 6.23 Å². The van der Waals surface area contributed by atoms with Crippen molar-refractivity contribution in [1.82, 2.24) is 5.32 Å². The number of aliphatic hydroxyl groups excluding tert-OH is 2. The lowest BCUT2D eigenvalue weighted by molar-refractivity contribution is 0.0397. The fourth-order valence-corrected chi connectivity index (χ4v) is 0.448. The average Bonchev–Trinajstić information content (AvgIpc) is 1.85. The van der Waals surface area contributed by atoms with E-state index >= 15 is 0 Å². The summed E-state index contributed by atoms with van der Waals surface area (Å²) in [6.07, 6.45) is -0.665. The summed E-state index contributed by atoms with van der Waals surface area (Å²) in [6.45, 7) is 0.672. The third-order valence-electron chi connectivity index (χ3n) is 0.816. The van der Waals surface area contributed by atoms with Gasteiger partial charge >= 0.3 is 0 Å². The number of nitrogens with one attached hydrogen (secondary N) is 1. The van der Waals surface area contributed by atoms with E-state index in [9.17, 15) is 0 Å². The van der Waals surface area contributed by atoms with Gasteiger partial charge in [0.25, 0.3) is 0 Å². The van der Waals surface area contributed by atoms with E-state index in [1.165, 1.54) is 7.11 Å². The molecule has 1 atom stereocenters. The molecule has 0 heterocycles. The Labute approximate surface area is 54.5 Å². The van der Waals surface area contributed by atoms with Crippen LogP contribution in [-0.4, -0.2) is 43.3 Å². The van der Waals surface area contributed by atoms with Crippen molar-refractivity contribution >= 4 is 0 Å². The summed E-state index contributed by atoms with van der Waals surface area (Å²) in [4.78, 5) is 0. The molecule has 0 bridgehead atoms. The van der Waals surface area contributed by atoms with E-state index in [1.54, 1.807) is 0 Å². The first kappa shape index (κ1) is 8.84. The molecular weight excluding hydrogens is 122 g/mol. The van der Waals surface area contributed by atoms with Gasteiger partial charge < -0.3 is 14.9 Å². The van der Waals surface area contributed by atoms with Gasteiger partial charge in [0.2, 0.25) is 0 Å². The van der Waals surface area contributed by atoms with Crippen LogP contribution in [0.3, 0.4) is 0 Å². The van der Waals surface area contributed by atoms with Gasteiger partial charge in [0.15, 0.2) is 0 Å². The first-order chi connectivity index (χ1) is 4.31. The summed E-state index contributed by atoms with van der Waals surface area (Å²) in [5.74, 6) is 0. The first-order valence-corrected chi connectivity index (χ1v) is 2.82. The van der Waals surface area contributed by atoms with Crippen LogP contribution in [0.2, 0.25) is 0 Å². The maximum absolute atomic E-state index is 8.83. The minimum absolute atomic E-state index is 0.0285. The molecule has 0 rings (SSSR count). The zero-order valence-corrected chi connectivity index (χ0v) is 5.50. The lowest BCUT2D eigenvalue weighted by Crippen LogP contribution is -2.34. The lowest BCUT2D eigenvalue weighted by Gasteiger charge is -2.09. The Kier molecular flexibility index (Phi) is 5.86. The highest BCUT2D eigenvalue weighted by Crippen LogP contribution is 1.75. The van der Waals surface area contributed by atoms with Crippen LogP contribution in [0.25, 0.3) is 0 Å². The minimum Gasteiger partial charge on any atom is -0.395 e. The van der Waals surface area contributed by atoms with Crippen LogP contribution in [-0.2, 0) is 4.74 Å². The predicted molar refractivity (Wildman–Crippen MR) is 33.0 cm³/mol. The molecule has 0 aliphatic carbocycles. The van der Waals surface area contributed by atoms with Crippen molar-refractivity contribution in [1.29, 1.82) is 0 Å². The highest BCUT2D eigenvalue weighted by molar-refractivity contribution is 4.48. The Morgan fingerprint density at radius 1 is 1.67 bits per heavy atom. The Morgan fingerprint density at radius 3 is 2.78 bits per heavy atom. The predicted octanol–water partition coefficient (Wildman–Crippen LogP) is -1.47. The molecule has 3 N–H and O–H groups in total. The van der Waals surface area contributed by atoms with Gasteiger partial charge in [-0.05, 0) is 0 Å². The molecule has 56 valence electrons. The normalized spacial score (nSPS) is 13.7. The topological polar surface area (TPSA) is 61.7 Å². The monoisotopic (exact) mass is 135 g/mol. The van der Waals surface area contributed by atoms with Gasteiger partial charge in [-0.2, -0.15) is 0 Å². The summed E-state index contributed by atoms with van der Waals surface area (Å²) in [6, 6.07) is 0. The van der Waals surface area contributed by atoms with Gasteiger partial charge in [0, 0.05) is 13.7 Å². The van der Waals surface area contributed by atoms with Crippen molar-refractivity contribution in [3.63, 3.8) is 0 Å². The van der Waals surface area contributed by atoms with E-state index in [4.69, 9.17) is 10.2 Å². The number of aliphatic hydroxyl groups is 2. The van der Waals surface area contributed by atoms with Crippen molar-refractivity contribution in [3.8, 4) is 0 Å². The molecule has 0 aromatic rings. The molecule has 0 saturated heterocycles. The second-order valence-corrected chi connectivity index (χ2v) is 1.65. The van der Waals surface area contributed by atoms with Gasteiger partial charge in [-0.15, -0.1) is 0 Å². The van der Waals surface area contributed by atoms with Gasteiger partial charge in [-0.3, -0.25) is 5.32 Å². The molecule has 1 unspecified atom stereocenters. The minimum atomic E-state index is -0.665. The molecule has 0 spiro atoms. The van der Waals surface area contributed by atoms with Crippen molar-refractivity contribution < 1.29 is 14.9 Å². The second kappa shape index (κ2) is 5.97. The van der Waals surface area contributed by atoms with Crippen LogP contribution >= 0.6 is 0 Å². The molecular formula is C5H13NO3. The van der Waals surface area contributed by atoms with E-state index in [1.807, 2.05) is 0 Å². The lowest BCUT2D eigenvalue weighted by atomic mass is 10.5. The Balaban J connectivity index is 2.95. The molecule has 9 heavy (non-hydrogen) atoms. The standard InChI is InChI=1S/C5H13NO3/c1-9-4-5(8)6-2-3-7/h5-8H,2-4H2,1H3. The van der Waals surface area contributed by atoms with Crippen LogP contribution in [0.1, 0.15) is 0 Å². The van der Waals surface area contributed by atoms with Crippen molar-refractivity contribution in [3.05, 3.63) is 0 Å². The summed E-state index contributed by atoms with van der Waals surface area (Å²) >= 11 is 0. The molecule has 0 aromatic carbocycles. The van der Waals surface area contributed by atoms with Crippen LogP contribution in [0, 0.1) is 0 Å². The van der Waals surface area contributed by atoms with E-state index in [0.29, 0.717) is 6.54 Å². The van der Waals surface area contributed by atoms with Crippen LogP contribution < -0.4 is 5.32 Å². The highest BCUT2D eigenvalue weighted by atomic mass is 16.5. The second-order valence-electron chi connectivity index (χ2n) is 1.65. The third kappa shape index (κ3) is 5.72. The average molecular weight is 135 g/mol. The molecule has 4 nitrogen and oxygen atoms in total.